The zero-order valence-electron chi connectivity index (χ0n) is 12.6. The van der Waals surface area contributed by atoms with Gasteiger partial charge in [-0.2, -0.15) is 0 Å². The maximum atomic E-state index is 10.3. The molecule has 1 fully saturated rings. The molecule has 0 radical (unpaired) electrons. The summed E-state index contributed by atoms with van der Waals surface area (Å²) in [6.45, 7) is 5.48. The number of nitrogens with zero attached hydrogens (tertiary/aromatic N) is 1. The summed E-state index contributed by atoms with van der Waals surface area (Å²) >= 11 is 6.88. The molecule has 0 aromatic heterocycles. The lowest BCUT2D eigenvalue weighted by Gasteiger charge is -2.40. The van der Waals surface area contributed by atoms with Gasteiger partial charge in [0.25, 0.3) is 0 Å². The van der Waals surface area contributed by atoms with Crippen LogP contribution in [-0.2, 0) is 0 Å². The number of aliphatic hydroxyl groups is 1. The molecule has 118 valence electrons. The van der Waals surface area contributed by atoms with Gasteiger partial charge >= 0.3 is 0 Å². The van der Waals surface area contributed by atoms with Gasteiger partial charge < -0.3 is 9.84 Å². The number of hydrogen-bond acceptors (Lipinski definition) is 3. The smallest absolute Gasteiger partial charge is 0.133 e. The van der Waals surface area contributed by atoms with E-state index in [1.807, 2.05) is 18.2 Å². The largest absolute Gasteiger partial charge is 0.490 e. The number of halogens is 2. The Kier molecular flexibility index (Phi) is 6.53. The van der Waals surface area contributed by atoms with Crippen molar-refractivity contribution < 1.29 is 9.84 Å². The molecule has 0 aliphatic carbocycles. The van der Waals surface area contributed by atoms with Gasteiger partial charge in [0.05, 0.1) is 4.47 Å². The van der Waals surface area contributed by atoms with Crippen LogP contribution in [0.5, 0.6) is 5.75 Å². The van der Waals surface area contributed by atoms with E-state index in [1.165, 1.54) is 19.3 Å². The molecule has 1 aliphatic rings. The maximum absolute atomic E-state index is 10.3. The van der Waals surface area contributed by atoms with Crippen molar-refractivity contribution in [2.45, 2.75) is 51.3 Å². The molecule has 5 heteroatoms. The minimum atomic E-state index is -0.469. The fourth-order valence-corrected chi connectivity index (χ4v) is 4.07. The van der Waals surface area contributed by atoms with Gasteiger partial charge in [0, 0.05) is 23.1 Å². The van der Waals surface area contributed by atoms with Crippen LogP contribution in [-0.4, -0.2) is 41.3 Å². The molecular weight excluding hydrogens is 398 g/mol. The lowest BCUT2D eigenvalue weighted by molar-refractivity contribution is 0.0207. The highest BCUT2D eigenvalue weighted by molar-refractivity contribution is 9.11. The van der Waals surface area contributed by atoms with Crippen molar-refractivity contribution in [1.29, 1.82) is 0 Å². The molecule has 1 aromatic rings. The molecular formula is C16H23Br2NO2. The molecule has 1 heterocycles. The van der Waals surface area contributed by atoms with E-state index < -0.39 is 6.10 Å². The Morgan fingerprint density at radius 2 is 1.95 bits per heavy atom. The number of aliphatic hydroxyl groups excluding tert-OH is 1. The van der Waals surface area contributed by atoms with E-state index in [4.69, 9.17) is 4.74 Å². The van der Waals surface area contributed by atoms with Crippen LogP contribution in [0.1, 0.15) is 33.1 Å². The third-order valence-corrected chi connectivity index (χ3v) is 5.24. The van der Waals surface area contributed by atoms with E-state index >= 15 is 0 Å². The van der Waals surface area contributed by atoms with E-state index in [0.717, 1.165) is 14.7 Å². The number of rotatable bonds is 5. The number of benzene rings is 1. The summed E-state index contributed by atoms with van der Waals surface area (Å²) in [5.41, 5.74) is 0. The first-order valence-corrected chi connectivity index (χ1v) is 9.07. The summed E-state index contributed by atoms with van der Waals surface area (Å²) in [5, 5.41) is 10.3. The summed E-state index contributed by atoms with van der Waals surface area (Å²) in [4.78, 5) is 2.40. The van der Waals surface area contributed by atoms with Crippen LogP contribution in [0.2, 0.25) is 0 Å². The predicted molar refractivity (Wildman–Crippen MR) is 92.8 cm³/mol. The first-order chi connectivity index (χ1) is 9.97. The molecule has 0 saturated carbocycles. The fraction of sp³-hybridized carbons (Fsp3) is 0.625. The van der Waals surface area contributed by atoms with Gasteiger partial charge in [-0.25, -0.2) is 0 Å². The van der Waals surface area contributed by atoms with Crippen LogP contribution in [0.4, 0.5) is 0 Å². The van der Waals surface area contributed by atoms with Gasteiger partial charge in [0.2, 0.25) is 0 Å². The summed E-state index contributed by atoms with van der Waals surface area (Å²) < 4.78 is 7.61. The molecule has 2 rings (SSSR count). The minimum absolute atomic E-state index is 0.316. The van der Waals surface area contributed by atoms with Crippen molar-refractivity contribution in [1.82, 2.24) is 4.90 Å². The van der Waals surface area contributed by atoms with Gasteiger partial charge in [-0.1, -0.05) is 22.4 Å². The van der Waals surface area contributed by atoms with Gasteiger partial charge in [0.1, 0.15) is 18.5 Å². The van der Waals surface area contributed by atoms with Crippen molar-refractivity contribution in [3.63, 3.8) is 0 Å². The van der Waals surface area contributed by atoms with E-state index in [1.54, 1.807) is 0 Å². The summed E-state index contributed by atoms with van der Waals surface area (Å²) in [6.07, 6.45) is 3.26. The number of hydrogen-bond donors (Lipinski definition) is 1. The monoisotopic (exact) mass is 419 g/mol. The summed E-state index contributed by atoms with van der Waals surface area (Å²) in [7, 11) is 0. The SMILES string of the molecule is C[C@@H]1CCC[C@@H](C)N1C[C@@H](O)COc1ccc(Br)cc1Br. The topological polar surface area (TPSA) is 32.7 Å². The second-order valence-corrected chi connectivity index (χ2v) is 7.64. The van der Waals surface area contributed by atoms with E-state index in [2.05, 4.69) is 50.6 Å². The predicted octanol–water partition coefficient (Wildman–Crippen LogP) is 4.21. The standard InChI is InChI=1S/C16H23Br2NO2/c1-11-4-3-5-12(2)19(11)9-14(20)10-21-16-7-6-13(17)8-15(16)18/h6-8,11-12,14,20H,3-5,9-10H2,1-2H3/t11-,12-,14-/m1/s1. The second kappa shape index (κ2) is 7.95. The highest BCUT2D eigenvalue weighted by Gasteiger charge is 2.26. The van der Waals surface area contributed by atoms with E-state index in [9.17, 15) is 5.11 Å². The molecule has 1 aromatic carbocycles. The molecule has 3 nitrogen and oxygen atoms in total. The third-order valence-electron chi connectivity index (χ3n) is 4.12. The Morgan fingerprint density at radius 3 is 2.57 bits per heavy atom. The van der Waals surface area contributed by atoms with E-state index in [0.29, 0.717) is 25.2 Å². The zero-order valence-corrected chi connectivity index (χ0v) is 15.7. The van der Waals surface area contributed by atoms with Crippen LogP contribution in [0.25, 0.3) is 0 Å². The lowest BCUT2D eigenvalue weighted by Crippen LogP contribution is -2.48. The van der Waals surface area contributed by atoms with Crippen LogP contribution in [0, 0.1) is 0 Å². The Morgan fingerprint density at radius 1 is 1.29 bits per heavy atom. The Balaban J connectivity index is 1.85. The fourth-order valence-electron chi connectivity index (χ4n) is 2.91. The Hall–Kier alpha value is -0.100. The molecule has 0 amide bonds. The lowest BCUT2D eigenvalue weighted by atomic mass is 9.97. The minimum Gasteiger partial charge on any atom is -0.490 e. The quantitative estimate of drug-likeness (QED) is 0.774. The van der Waals surface area contributed by atoms with Gasteiger partial charge in [-0.15, -0.1) is 0 Å². The highest BCUT2D eigenvalue weighted by Crippen LogP contribution is 2.28. The molecule has 1 N–H and O–H groups in total. The van der Waals surface area contributed by atoms with Crippen molar-refractivity contribution in [3.05, 3.63) is 27.1 Å². The normalized spacial score (nSPS) is 24.8. The average Bonchev–Trinajstić information content (AvgIpc) is 2.42. The van der Waals surface area contributed by atoms with E-state index in [-0.39, 0.29) is 0 Å². The highest BCUT2D eigenvalue weighted by atomic mass is 79.9. The molecule has 3 atom stereocenters. The van der Waals surface area contributed by atoms with Crippen LogP contribution >= 0.6 is 31.9 Å². The van der Waals surface area contributed by atoms with Crippen LogP contribution in [0.3, 0.4) is 0 Å². The first kappa shape index (κ1) is 17.3. The summed E-state index contributed by atoms with van der Waals surface area (Å²) in [6, 6.07) is 6.86. The molecule has 0 unspecified atom stereocenters. The summed E-state index contributed by atoms with van der Waals surface area (Å²) in [5.74, 6) is 0.761. The number of ether oxygens (including phenoxy) is 1. The third kappa shape index (κ3) is 4.95. The van der Waals surface area contributed by atoms with Gasteiger partial charge in [-0.05, 0) is 60.8 Å². The number of β-amino-alcohol motifs (C(OH)–C–C–N with tert-alkyl or cyclic N) is 1. The van der Waals surface area contributed by atoms with Crippen LogP contribution in [0.15, 0.2) is 27.1 Å². The van der Waals surface area contributed by atoms with Crippen molar-refractivity contribution >= 4 is 31.9 Å². The number of likely N-dealkylation sites (tertiary alicyclic amines) is 1. The number of piperidine rings is 1. The maximum Gasteiger partial charge on any atom is 0.133 e. The van der Waals surface area contributed by atoms with Crippen molar-refractivity contribution in [2.75, 3.05) is 13.2 Å². The molecule has 1 saturated heterocycles. The average molecular weight is 421 g/mol. The van der Waals surface area contributed by atoms with Crippen molar-refractivity contribution in [2.24, 2.45) is 0 Å². The molecule has 0 bridgehead atoms. The molecule has 21 heavy (non-hydrogen) atoms. The Bertz CT molecular complexity index is 460. The van der Waals surface area contributed by atoms with Crippen LogP contribution < -0.4 is 4.74 Å². The van der Waals surface area contributed by atoms with Crippen molar-refractivity contribution in [3.8, 4) is 5.75 Å². The van der Waals surface area contributed by atoms with Gasteiger partial charge in [-0.3, -0.25) is 4.90 Å². The van der Waals surface area contributed by atoms with Gasteiger partial charge in [0.15, 0.2) is 0 Å². The Labute approximate surface area is 143 Å². The molecule has 1 aliphatic heterocycles. The molecule has 0 spiro atoms. The first-order valence-electron chi connectivity index (χ1n) is 7.49. The second-order valence-electron chi connectivity index (χ2n) is 5.87. The zero-order chi connectivity index (χ0) is 15.4.